The van der Waals surface area contributed by atoms with Crippen LogP contribution < -0.4 is 5.32 Å². The van der Waals surface area contributed by atoms with Crippen LogP contribution in [-0.4, -0.2) is 31.1 Å². The van der Waals surface area contributed by atoms with Crippen molar-refractivity contribution >= 4 is 24.8 Å². The van der Waals surface area contributed by atoms with Crippen LogP contribution in [0.15, 0.2) is 30.9 Å². The van der Waals surface area contributed by atoms with Crippen molar-refractivity contribution in [2.24, 2.45) is 0 Å². The Bertz CT molecular complexity index is 438. The standard InChI is InChI=1S/C15H20F2N2.2ClH/c1-2-3-4-15(19-9-7-18-8-10-19)12-5-6-13(16)14(17)11-12;;/h2,5-6,11,15,18H,1,3-4,7-10H2;2*1H/t15-;;/m1../s1. The zero-order valence-electron chi connectivity index (χ0n) is 11.9. The SMILES string of the molecule is C=CCC[C@H](c1ccc(F)c(F)c1)N1CCNCC1.Cl.Cl. The van der Waals surface area contributed by atoms with E-state index < -0.39 is 11.6 Å². The first-order chi connectivity index (χ1) is 9.22. The quantitative estimate of drug-likeness (QED) is 0.823. The van der Waals surface area contributed by atoms with Gasteiger partial charge in [0.25, 0.3) is 0 Å². The zero-order valence-corrected chi connectivity index (χ0v) is 13.5. The van der Waals surface area contributed by atoms with Crippen molar-refractivity contribution < 1.29 is 8.78 Å². The smallest absolute Gasteiger partial charge is 0.159 e. The fourth-order valence-electron chi connectivity index (χ4n) is 2.55. The summed E-state index contributed by atoms with van der Waals surface area (Å²) in [6, 6.07) is 4.36. The van der Waals surface area contributed by atoms with Gasteiger partial charge in [-0.2, -0.15) is 0 Å². The molecular formula is C15H22Cl2F2N2. The van der Waals surface area contributed by atoms with Gasteiger partial charge in [-0.25, -0.2) is 8.78 Å². The Morgan fingerprint density at radius 1 is 1.19 bits per heavy atom. The molecule has 1 aliphatic heterocycles. The molecule has 1 saturated heterocycles. The number of piperazine rings is 1. The monoisotopic (exact) mass is 338 g/mol. The van der Waals surface area contributed by atoms with E-state index in [1.54, 1.807) is 6.07 Å². The first-order valence-corrected chi connectivity index (χ1v) is 6.73. The van der Waals surface area contributed by atoms with Gasteiger partial charge >= 0.3 is 0 Å². The van der Waals surface area contributed by atoms with E-state index in [0.29, 0.717) is 0 Å². The van der Waals surface area contributed by atoms with E-state index in [2.05, 4.69) is 16.8 Å². The minimum absolute atomic E-state index is 0. The molecule has 1 atom stereocenters. The molecule has 1 heterocycles. The summed E-state index contributed by atoms with van der Waals surface area (Å²) in [5.74, 6) is -1.55. The molecule has 0 amide bonds. The van der Waals surface area contributed by atoms with Crippen LogP contribution in [0.4, 0.5) is 8.78 Å². The average Bonchev–Trinajstić information content (AvgIpc) is 2.44. The molecule has 2 rings (SSSR count). The van der Waals surface area contributed by atoms with Gasteiger partial charge in [-0.15, -0.1) is 31.4 Å². The summed E-state index contributed by atoms with van der Waals surface area (Å²) in [4.78, 5) is 2.33. The fourth-order valence-corrected chi connectivity index (χ4v) is 2.55. The number of nitrogens with zero attached hydrogens (tertiary/aromatic N) is 1. The summed E-state index contributed by atoms with van der Waals surface area (Å²) in [5, 5.41) is 3.30. The van der Waals surface area contributed by atoms with E-state index in [0.717, 1.165) is 44.6 Å². The lowest BCUT2D eigenvalue weighted by Gasteiger charge is -2.35. The molecule has 0 unspecified atom stereocenters. The highest BCUT2D eigenvalue weighted by atomic mass is 35.5. The van der Waals surface area contributed by atoms with Gasteiger partial charge < -0.3 is 5.32 Å². The van der Waals surface area contributed by atoms with E-state index in [4.69, 9.17) is 0 Å². The number of hydrogen-bond donors (Lipinski definition) is 1. The highest BCUT2D eigenvalue weighted by Gasteiger charge is 2.22. The van der Waals surface area contributed by atoms with E-state index in [-0.39, 0.29) is 30.9 Å². The lowest BCUT2D eigenvalue weighted by molar-refractivity contribution is 0.166. The number of benzene rings is 1. The lowest BCUT2D eigenvalue weighted by Crippen LogP contribution is -2.45. The second-order valence-corrected chi connectivity index (χ2v) is 4.84. The first kappa shape index (κ1) is 20.3. The van der Waals surface area contributed by atoms with Crippen molar-refractivity contribution in [1.82, 2.24) is 10.2 Å². The molecule has 21 heavy (non-hydrogen) atoms. The molecule has 0 bridgehead atoms. The molecule has 2 nitrogen and oxygen atoms in total. The topological polar surface area (TPSA) is 15.3 Å². The third-order valence-electron chi connectivity index (χ3n) is 3.57. The molecule has 1 fully saturated rings. The normalized spacial score (nSPS) is 16.5. The second kappa shape index (κ2) is 10.1. The molecule has 0 saturated carbocycles. The molecule has 1 aromatic rings. The first-order valence-electron chi connectivity index (χ1n) is 6.73. The average molecular weight is 339 g/mol. The number of halogens is 4. The van der Waals surface area contributed by atoms with Gasteiger partial charge in [0.2, 0.25) is 0 Å². The predicted molar refractivity (Wildman–Crippen MR) is 87.5 cm³/mol. The number of nitrogens with one attached hydrogen (secondary N) is 1. The van der Waals surface area contributed by atoms with Crippen LogP contribution >= 0.6 is 24.8 Å². The van der Waals surface area contributed by atoms with E-state index in [1.165, 1.54) is 12.1 Å². The van der Waals surface area contributed by atoms with Gasteiger partial charge in [-0.3, -0.25) is 4.90 Å². The molecule has 1 aromatic carbocycles. The molecule has 120 valence electrons. The molecular weight excluding hydrogens is 317 g/mol. The molecule has 0 aromatic heterocycles. The van der Waals surface area contributed by atoms with Crippen LogP contribution in [0.5, 0.6) is 0 Å². The summed E-state index contributed by atoms with van der Waals surface area (Å²) >= 11 is 0. The van der Waals surface area contributed by atoms with Crippen LogP contribution in [0, 0.1) is 11.6 Å². The maximum absolute atomic E-state index is 13.4. The molecule has 0 aliphatic carbocycles. The summed E-state index contributed by atoms with van der Waals surface area (Å²) in [6.07, 6.45) is 3.62. The molecule has 0 radical (unpaired) electrons. The van der Waals surface area contributed by atoms with E-state index >= 15 is 0 Å². The van der Waals surface area contributed by atoms with E-state index in [9.17, 15) is 8.78 Å². The van der Waals surface area contributed by atoms with Gasteiger partial charge in [0.15, 0.2) is 11.6 Å². The third-order valence-corrected chi connectivity index (χ3v) is 3.57. The van der Waals surface area contributed by atoms with Gasteiger partial charge in [0, 0.05) is 32.2 Å². The van der Waals surface area contributed by atoms with E-state index in [1.807, 2.05) is 6.08 Å². The van der Waals surface area contributed by atoms with Crippen molar-refractivity contribution in [1.29, 1.82) is 0 Å². The van der Waals surface area contributed by atoms with Gasteiger partial charge in [-0.1, -0.05) is 12.1 Å². The van der Waals surface area contributed by atoms with Crippen molar-refractivity contribution in [2.75, 3.05) is 26.2 Å². The van der Waals surface area contributed by atoms with Crippen molar-refractivity contribution in [2.45, 2.75) is 18.9 Å². The van der Waals surface area contributed by atoms with Crippen LogP contribution in [0.3, 0.4) is 0 Å². The zero-order chi connectivity index (χ0) is 13.7. The predicted octanol–water partition coefficient (Wildman–Crippen LogP) is 3.72. The van der Waals surface area contributed by atoms with Gasteiger partial charge in [0.05, 0.1) is 0 Å². The number of rotatable bonds is 5. The Morgan fingerprint density at radius 3 is 2.43 bits per heavy atom. The van der Waals surface area contributed by atoms with Crippen LogP contribution in [0.25, 0.3) is 0 Å². The number of hydrogen-bond acceptors (Lipinski definition) is 2. The number of allylic oxidation sites excluding steroid dienone is 1. The Balaban J connectivity index is 0.00000200. The fraction of sp³-hybridized carbons (Fsp3) is 0.467. The highest BCUT2D eigenvalue weighted by Crippen LogP contribution is 2.27. The Morgan fingerprint density at radius 2 is 1.86 bits per heavy atom. The summed E-state index contributed by atoms with van der Waals surface area (Å²) in [5.41, 5.74) is 0.850. The Kier molecular flexibility index (Phi) is 9.79. The molecule has 1 aliphatic rings. The largest absolute Gasteiger partial charge is 0.314 e. The third kappa shape index (κ3) is 5.55. The molecule has 1 N–H and O–H groups in total. The lowest BCUT2D eigenvalue weighted by atomic mass is 9.99. The summed E-state index contributed by atoms with van der Waals surface area (Å²) in [6.45, 7) is 7.48. The van der Waals surface area contributed by atoms with Crippen LogP contribution in [0.1, 0.15) is 24.4 Å². The van der Waals surface area contributed by atoms with Crippen molar-refractivity contribution in [3.05, 3.63) is 48.1 Å². The Hall–Kier alpha value is -0.680. The van der Waals surface area contributed by atoms with Crippen molar-refractivity contribution in [3.8, 4) is 0 Å². The van der Waals surface area contributed by atoms with Gasteiger partial charge in [-0.05, 0) is 30.5 Å². The summed E-state index contributed by atoms with van der Waals surface area (Å²) in [7, 11) is 0. The van der Waals surface area contributed by atoms with Crippen LogP contribution in [0.2, 0.25) is 0 Å². The molecule has 0 spiro atoms. The highest BCUT2D eigenvalue weighted by molar-refractivity contribution is 5.85. The molecule has 6 heteroatoms. The van der Waals surface area contributed by atoms with Crippen molar-refractivity contribution in [3.63, 3.8) is 0 Å². The van der Waals surface area contributed by atoms with Gasteiger partial charge in [0.1, 0.15) is 0 Å². The maximum atomic E-state index is 13.4. The van der Waals surface area contributed by atoms with Crippen LogP contribution in [-0.2, 0) is 0 Å². The second-order valence-electron chi connectivity index (χ2n) is 4.84. The Labute approximate surface area is 137 Å². The minimum Gasteiger partial charge on any atom is -0.314 e. The minimum atomic E-state index is -0.786. The maximum Gasteiger partial charge on any atom is 0.159 e. The summed E-state index contributed by atoms with van der Waals surface area (Å²) < 4.78 is 26.4.